The van der Waals surface area contributed by atoms with Gasteiger partial charge in [0.05, 0.1) is 5.56 Å². The first kappa shape index (κ1) is 13.7. The fourth-order valence-electron chi connectivity index (χ4n) is 1.58. The third kappa shape index (κ3) is 3.84. The second-order valence-corrected chi connectivity index (χ2v) is 4.35. The number of nitrogens with zero attached hydrogens (tertiary/aromatic N) is 1. The van der Waals surface area contributed by atoms with Crippen LogP contribution in [0.5, 0.6) is 0 Å². The Kier molecular flexibility index (Phi) is 5.67. The molecule has 1 heterocycles. The van der Waals surface area contributed by atoms with Crippen LogP contribution < -0.4 is 5.32 Å². The Labute approximate surface area is 104 Å². The van der Waals surface area contributed by atoms with Gasteiger partial charge >= 0.3 is 0 Å². The number of anilines is 1. The molecule has 3 heteroatoms. The Balaban J connectivity index is 2.80. The van der Waals surface area contributed by atoms with Gasteiger partial charge in [0.2, 0.25) is 0 Å². The molecular weight excluding hydrogens is 212 g/mol. The van der Waals surface area contributed by atoms with Gasteiger partial charge in [0, 0.05) is 18.7 Å². The number of Topliss-reactive ketones (excluding diaryl/α,β-unsaturated/α-hetero) is 1. The first-order chi connectivity index (χ1) is 8.20. The SMILES string of the molecule is CCCCNc1ncccc1C(=O)C(C)CC. The van der Waals surface area contributed by atoms with Gasteiger partial charge in [0.25, 0.3) is 0 Å². The normalized spacial score (nSPS) is 12.2. The minimum Gasteiger partial charge on any atom is -0.369 e. The van der Waals surface area contributed by atoms with E-state index < -0.39 is 0 Å². The molecule has 0 radical (unpaired) electrons. The lowest BCUT2D eigenvalue weighted by Crippen LogP contribution is -2.14. The van der Waals surface area contributed by atoms with Crippen molar-refractivity contribution in [3.05, 3.63) is 23.9 Å². The van der Waals surface area contributed by atoms with Crippen LogP contribution in [0.25, 0.3) is 0 Å². The molecule has 0 aliphatic heterocycles. The molecule has 0 fully saturated rings. The van der Waals surface area contributed by atoms with E-state index in [4.69, 9.17) is 0 Å². The second kappa shape index (κ2) is 7.05. The van der Waals surface area contributed by atoms with Crippen molar-refractivity contribution in [2.24, 2.45) is 5.92 Å². The molecule has 0 aromatic carbocycles. The average molecular weight is 234 g/mol. The van der Waals surface area contributed by atoms with E-state index in [0.29, 0.717) is 0 Å². The van der Waals surface area contributed by atoms with Crippen LogP contribution in [0.4, 0.5) is 5.82 Å². The number of carbonyl (C=O) groups is 1. The number of hydrogen-bond acceptors (Lipinski definition) is 3. The minimum atomic E-state index is 0.0610. The van der Waals surface area contributed by atoms with E-state index in [1.807, 2.05) is 26.0 Å². The second-order valence-electron chi connectivity index (χ2n) is 4.35. The largest absolute Gasteiger partial charge is 0.369 e. The predicted molar refractivity (Wildman–Crippen MR) is 71.4 cm³/mol. The van der Waals surface area contributed by atoms with E-state index in [0.717, 1.165) is 37.2 Å². The van der Waals surface area contributed by atoms with Gasteiger partial charge in [-0.25, -0.2) is 4.98 Å². The van der Waals surface area contributed by atoms with E-state index in [9.17, 15) is 4.79 Å². The zero-order chi connectivity index (χ0) is 12.7. The van der Waals surface area contributed by atoms with Crippen LogP contribution >= 0.6 is 0 Å². The van der Waals surface area contributed by atoms with Gasteiger partial charge in [-0.3, -0.25) is 4.79 Å². The van der Waals surface area contributed by atoms with Crippen molar-refractivity contribution < 1.29 is 4.79 Å². The Morgan fingerprint density at radius 2 is 2.24 bits per heavy atom. The highest BCUT2D eigenvalue weighted by atomic mass is 16.1. The number of rotatable bonds is 7. The van der Waals surface area contributed by atoms with Crippen LogP contribution in [0.1, 0.15) is 50.4 Å². The molecular formula is C14H22N2O. The maximum atomic E-state index is 12.1. The third-order valence-corrected chi connectivity index (χ3v) is 2.96. The quantitative estimate of drug-likeness (QED) is 0.579. The molecule has 1 aromatic heterocycles. The number of hydrogen-bond donors (Lipinski definition) is 1. The Morgan fingerprint density at radius 3 is 2.88 bits per heavy atom. The van der Waals surface area contributed by atoms with Gasteiger partial charge in [-0.05, 0) is 25.0 Å². The molecule has 0 saturated heterocycles. The summed E-state index contributed by atoms with van der Waals surface area (Å²) in [5, 5.41) is 3.24. The van der Waals surface area contributed by atoms with E-state index >= 15 is 0 Å². The summed E-state index contributed by atoms with van der Waals surface area (Å²) < 4.78 is 0. The predicted octanol–water partition coefficient (Wildman–Crippen LogP) is 3.52. The summed E-state index contributed by atoms with van der Waals surface area (Å²) >= 11 is 0. The number of carbonyl (C=O) groups excluding carboxylic acids is 1. The highest BCUT2D eigenvalue weighted by Crippen LogP contribution is 2.18. The summed E-state index contributed by atoms with van der Waals surface area (Å²) in [6.45, 7) is 7.01. The lowest BCUT2D eigenvalue weighted by atomic mass is 9.97. The van der Waals surface area contributed by atoms with Gasteiger partial charge in [0.15, 0.2) is 5.78 Å². The van der Waals surface area contributed by atoms with Crippen molar-refractivity contribution in [1.29, 1.82) is 0 Å². The summed E-state index contributed by atoms with van der Waals surface area (Å²) in [5.74, 6) is 0.969. The smallest absolute Gasteiger partial charge is 0.169 e. The number of ketones is 1. The zero-order valence-electron chi connectivity index (χ0n) is 11.0. The van der Waals surface area contributed by atoms with Crippen LogP contribution in [0.2, 0.25) is 0 Å². The van der Waals surface area contributed by atoms with Crippen molar-refractivity contribution in [2.75, 3.05) is 11.9 Å². The van der Waals surface area contributed by atoms with Crippen molar-refractivity contribution >= 4 is 11.6 Å². The monoisotopic (exact) mass is 234 g/mol. The lowest BCUT2D eigenvalue weighted by Gasteiger charge is -2.12. The number of unbranched alkanes of at least 4 members (excludes halogenated alkanes) is 1. The summed E-state index contributed by atoms with van der Waals surface area (Å²) in [6, 6.07) is 3.68. The summed E-state index contributed by atoms with van der Waals surface area (Å²) in [6.07, 6.45) is 4.81. The Bertz CT molecular complexity index is 363. The molecule has 0 saturated carbocycles. The molecule has 0 spiro atoms. The number of nitrogens with one attached hydrogen (secondary N) is 1. The van der Waals surface area contributed by atoms with Crippen LogP contribution in [0.15, 0.2) is 18.3 Å². The first-order valence-corrected chi connectivity index (χ1v) is 6.43. The minimum absolute atomic E-state index is 0.0610. The van der Waals surface area contributed by atoms with Crippen molar-refractivity contribution in [1.82, 2.24) is 4.98 Å². The van der Waals surface area contributed by atoms with Gasteiger partial charge in [0.1, 0.15) is 5.82 Å². The highest BCUT2D eigenvalue weighted by Gasteiger charge is 2.17. The van der Waals surface area contributed by atoms with E-state index in [1.54, 1.807) is 6.20 Å². The molecule has 3 nitrogen and oxygen atoms in total. The van der Waals surface area contributed by atoms with Crippen molar-refractivity contribution in [3.8, 4) is 0 Å². The average Bonchev–Trinajstić information content (AvgIpc) is 2.38. The maximum Gasteiger partial charge on any atom is 0.169 e. The summed E-state index contributed by atoms with van der Waals surface area (Å²) in [7, 11) is 0. The maximum absolute atomic E-state index is 12.1. The van der Waals surface area contributed by atoms with E-state index in [-0.39, 0.29) is 11.7 Å². The van der Waals surface area contributed by atoms with E-state index in [1.165, 1.54) is 0 Å². The molecule has 0 amide bonds. The lowest BCUT2D eigenvalue weighted by molar-refractivity contribution is 0.0928. The molecule has 94 valence electrons. The van der Waals surface area contributed by atoms with Crippen LogP contribution in [0, 0.1) is 5.92 Å². The van der Waals surface area contributed by atoms with Gasteiger partial charge in [-0.15, -0.1) is 0 Å². The third-order valence-electron chi connectivity index (χ3n) is 2.96. The van der Waals surface area contributed by atoms with Gasteiger partial charge < -0.3 is 5.32 Å². The molecule has 1 atom stereocenters. The van der Waals surface area contributed by atoms with Crippen LogP contribution in [-0.2, 0) is 0 Å². The summed E-state index contributed by atoms with van der Waals surface area (Å²) in [4.78, 5) is 16.4. The fourth-order valence-corrected chi connectivity index (χ4v) is 1.58. The number of aromatic nitrogens is 1. The summed E-state index contributed by atoms with van der Waals surface area (Å²) in [5.41, 5.74) is 0.720. The molecule has 0 aliphatic carbocycles. The molecule has 1 aromatic rings. The molecule has 0 bridgehead atoms. The molecule has 17 heavy (non-hydrogen) atoms. The zero-order valence-corrected chi connectivity index (χ0v) is 11.0. The van der Waals surface area contributed by atoms with Crippen LogP contribution in [-0.4, -0.2) is 17.3 Å². The highest BCUT2D eigenvalue weighted by molar-refractivity contribution is 6.01. The number of pyridine rings is 1. The van der Waals surface area contributed by atoms with Crippen LogP contribution in [0.3, 0.4) is 0 Å². The molecule has 1 rings (SSSR count). The first-order valence-electron chi connectivity index (χ1n) is 6.43. The fraction of sp³-hybridized carbons (Fsp3) is 0.571. The van der Waals surface area contributed by atoms with Crippen molar-refractivity contribution in [3.63, 3.8) is 0 Å². The Hall–Kier alpha value is -1.38. The van der Waals surface area contributed by atoms with Gasteiger partial charge in [-0.1, -0.05) is 27.2 Å². The Morgan fingerprint density at radius 1 is 1.47 bits per heavy atom. The van der Waals surface area contributed by atoms with Crippen molar-refractivity contribution in [2.45, 2.75) is 40.0 Å². The molecule has 0 aliphatic rings. The molecule has 1 N–H and O–H groups in total. The standard InChI is InChI=1S/C14H22N2O/c1-4-6-9-15-14-12(8-7-10-16-14)13(17)11(3)5-2/h7-8,10-11H,4-6,9H2,1-3H3,(H,15,16). The van der Waals surface area contributed by atoms with Gasteiger partial charge in [-0.2, -0.15) is 0 Å². The topological polar surface area (TPSA) is 42.0 Å². The van der Waals surface area contributed by atoms with E-state index in [2.05, 4.69) is 17.2 Å². The molecule has 1 unspecified atom stereocenters.